The highest BCUT2D eigenvalue weighted by Gasteiger charge is 2.09. The molecule has 3 heterocycles. The van der Waals surface area contributed by atoms with Crippen LogP contribution in [0.1, 0.15) is 0 Å². The molecule has 3 rings (SSSR count). The first-order chi connectivity index (χ1) is 7.84. The summed E-state index contributed by atoms with van der Waals surface area (Å²) in [4.78, 5) is 17.5. The fourth-order valence-electron chi connectivity index (χ4n) is 1.39. The first-order valence-electron chi connectivity index (χ1n) is 4.62. The van der Waals surface area contributed by atoms with Gasteiger partial charge in [0.15, 0.2) is 10.5 Å². The first-order valence-corrected chi connectivity index (χ1v) is 5.43. The summed E-state index contributed by atoms with van der Waals surface area (Å²) >= 11 is 1.47. The van der Waals surface area contributed by atoms with Gasteiger partial charge in [-0.2, -0.15) is 0 Å². The van der Waals surface area contributed by atoms with E-state index in [4.69, 9.17) is 5.73 Å². The molecule has 2 N–H and O–H groups in total. The smallest absolute Gasteiger partial charge is 0.190 e. The van der Waals surface area contributed by atoms with Crippen molar-refractivity contribution in [2.75, 3.05) is 5.73 Å². The Morgan fingerprint density at radius 2 is 2.00 bits per heavy atom. The van der Waals surface area contributed by atoms with E-state index in [2.05, 4.69) is 19.9 Å². The third-order valence-electron chi connectivity index (χ3n) is 2.13. The van der Waals surface area contributed by atoms with Gasteiger partial charge in [-0.3, -0.25) is 4.98 Å². The van der Waals surface area contributed by atoms with Gasteiger partial charge in [-0.05, 0) is 6.07 Å². The van der Waals surface area contributed by atoms with Crippen LogP contribution in [0.5, 0.6) is 0 Å². The van der Waals surface area contributed by atoms with Gasteiger partial charge in [0.1, 0.15) is 5.01 Å². The number of hydrogen-bond acceptors (Lipinski definition) is 6. The molecule has 3 aromatic heterocycles. The van der Waals surface area contributed by atoms with Crippen LogP contribution in [0.2, 0.25) is 0 Å². The van der Waals surface area contributed by atoms with Crippen LogP contribution >= 0.6 is 11.3 Å². The monoisotopic (exact) mass is 229 g/mol. The second kappa shape index (κ2) is 3.49. The van der Waals surface area contributed by atoms with Crippen molar-refractivity contribution in [2.24, 2.45) is 0 Å². The molecule has 5 nitrogen and oxygen atoms in total. The summed E-state index contributed by atoms with van der Waals surface area (Å²) in [6.45, 7) is 0. The van der Waals surface area contributed by atoms with Gasteiger partial charge in [0.2, 0.25) is 0 Å². The Morgan fingerprint density at radius 1 is 1.12 bits per heavy atom. The molecule has 0 fully saturated rings. The van der Waals surface area contributed by atoms with Gasteiger partial charge < -0.3 is 5.73 Å². The second-order valence-electron chi connectivity index (χ2n) is 3.17. The Labute approximate surface area is 95.0 Å². The Balaban J connectivity index is 2.23. The summed E-state index contributed by atoms with van der Waals surface area (Å²) in [5.41, 5.74) is 7.98. The zero-order valence-electron chi connectivity index (χ0n) is 8.16. The van der Waals surface area contributed by atoms with E-state index >= 15 is 0 Å². The van der Waals surface area contributed by atoms with Crippen LogP contribution in [0.25, 0.3) is 21.0 Å². The molecule has 0 atom stereocenters. The van der Waals surface area contributed by atoms with Crippen molar-refractivity contribution in [1.82, 2.24) is 19.9 Å². The van der Waals surface area contributed by atoms with Crippen molar-refractivity contribution in [1.29, 1.82) is 0 Å². The summed E-state index contributed by atoms with van der Waals surface area (Å²) < 4.78 is 0. The van der Waals surface area contributed by atoms with E-state index in [9.17, 15) is 0 Å². The van der Waals surface area contributed by atoms with Crippen molar-refractivity contribution >= 4 is 27.5 Å². The molecule has 0 saturated heterocycles. The number of fused-ring (bicyclic) bond motifs is 1. The number of nitrogen functional groups attached to an aromatic ring is 1. The number of nitrogens with zero attached hydrogens (tertiary/aromatic N) is 4. The standard InChI is InChI=1S/C10H7N5S/c11-7-5-12-2-1-6(7)9-15-8-10(16-9)14-4-3-13-8/h1-5H,11H2. The maximum Gasteiger partial charge on any atom is 0.190 e. The van der Waals surface area contributed by atoms with E-state index in [1.807, 2.05) is 6.07 Å². The quantitative estimate of drug-likeness (QED) is 0.687. The molecule has 0 saturated carbocycles. The van der Waals surface area contributed by atoms with E-state index in [1.165, 1.54) is 11.3 Å². The zero-order valence-corrected chi connectivity index (χ0v) is 8.98. The predicted octanol–water partition coefficient (Wildman–Crippen LogP) is 1.73. The van der Waals surface area contributed by atoms with Gasteiger partial charge in [-0.15, -0.1) is 0 Å². The highest BCUT2D eigenvalue weighted by atomic mass is 32.1. The average Bonchev–Trinajstić information content (AvgIpc) is 2.73. The van der Waals surface area contributed by atoms with Crippen LogP contribution in [-0.4, -0.2) is 19.9 Å². The van der Waals surface area contributed by atoms with E-state index in [0.717, 1.165) is 15.4 Å². The highest BCUT2D eigenvalue weighted by molar-refractivity contribution is 7.21. The Hall–Kier alpha value is -2.08. The van der Waals surface area contributed by atoms with Gasteiger partial charge >= 0.3 is 0 Å². The largest absolute Gasteiger partial charge is 0.397 e. The molecule has 0 amide bonds. The number of thiazole rings is 1. The Kier molecular flexibility index (Phi) is 2.00. The molecule has 78 valence electrons. The summed E-state index contributed by atoms with van der Waals surface area (Å²) in [6.07, 6.45) is 6.59. The number of pyridine rings is 1. The molecule has 0 spiro atoms. The Bertz CT molecular complexity index is 615. The van der Waals surface area contributed by atoms with E-state index < -0.39 is 0 Å². The lowest BCUT2D eigenvalue weighted by molar-refractivity contribution is 1.26. The molecule has 0 radical (unpaired) electrons. The molecule has 0 bridgehead atoms. The molecular weight excluding hydrogens is 222 g/mol. The maximum absolute atomic E-state index is 5.84. The van der Waals surface area contributed by atoms with Gasteiger partial charge in [-0.25, -0.2) is 15.0 Å². The van der Waals surface area contributed by atoms with Crippen molar-refractivity contribution in [3.05, 3.63) is 30.9 Å². The van der Waals surface area contributed by atoms with Crippen LogP contribution in [0.15, 0.2) is 30.9 Å². The van der Waals surface area contributed by atoms with E-state index in [-0.39, 0.29) is 0 Å². The minimum Gasteiger partial charge on any atom is -0.397 e. The highest BCUT2D eigenvalue weighted by Crippen LogP contribution is 2.30. The van der Waals surface area contributed by atoms with Gasteiger partial charge in [0.05, 0.1) is 11.9 Å². The number of anilines is 1. The van der Waals surface area contributed by atoms with E-state index in [0.29, 0.717) is 11.3 Å². The average molecular weight is 229 g/mol. The maximum atomic E-state index is 5.84. The summed E-state index contributed by atoms with van der Waals surface area (Å²) in [5, 5.41) is 0.820. The molecule has 0 aliphatic heterocycles. The van der Waals surface area contributed by atoms with Crippen LogP contribution in [0, 0.1) is 0 Å². The van der Waals surface area contributed by atoms with Crippen molar-refractivity contribution in [2.45, 2.75) is 0 Å². The van der Waals surface area contributed by atoms with Crippen molar-refractivity contribution in [3.63, 3.8) is 0 Å². The first kappa shape index (κ1) is 9.17. The minimum atomic E-state index is 0.613. The van der Waals surface area contributed by atoms with Crippen LogP contribution < -0.4 is 5.73 Å². The minimum absolute atomic E-state index is 0.613. The van der Waals surface area contributed by atoms with Gasteiger partial charge in [-0.1, -0.05) is 11.3 Å². The van der Waals surface area contributed by atoms with Gasteiger partial charge in [0.25, 0.3) is 0 Å². The third kappa shape index (κ3) is 1.40. The lowest BCUT2D eigenvalue weighted by Crippen LogP contribution is -1.90. The molecule has 3 aromatic rings. The van der Waals surface area contributed by atoms with Crippen molar-refractivity contribution in [3.8, 4) is 10.6 Å². The van der Waals surface area contributed by atoms with Crippen LogP contribution in [0.3, 0.4) is 0 Å². The third-order valence-corrected chi connectivity index (χ3v) is 3.12. The summed E-state index contributed by atoms with van der Waals surface area (Å²) in [7, 11) is 0. The molecule has 0 unspecified atom stereocenters. The normalized spacial score (nSPS) is 10.8. The zero-order chi connectivity index (χ0) is 11.0. The fourth-order valence-corrected chi connectivity index (χ4v) is 2.31. The Morgan fingerprint density at radius 3 is 2.81 bits per heavy atom. The summed E-state index contributed by atoms with van der Waals surface area (Å²) in [5.74, 6) is 0. The topological polar surface area (TPSA) is 77.6 Å². The molecule has 6 heteroatoms. The lowest BCUT2D eigenvalue weighted by Gasteiger charge is -1.98. The fraction of sp³-hybridized carbons (Fsp3) is 0. The number of rotatable bonds is 1. The molecule has 0 aromatic carbocycles. The van der Waals surface area contributed by atoms with Gasteiger partial charge in [0, 0.05) is 24.2 Å². The second-order valence-corrected chi connectivity index (χ2v) is 4.14. The lowest BCUT2D eigenvalue weighted by atomic mass is 10.2. The number of aromatic nitrogens is 4. The van der Waals surface area contributed by atoms with Crippen molar-refractivity contribution < 1.29 is 0 Å². The summed E-state index contributed by atoms with van der Waals surface area (Å²) in [6, 6.07) is 1.84. The number of nitrogens with two attached hydrogens (primary N) is 1. The van der Waals surface area contributed by atoms with E-state index in [1.54, 1.807) is 24.8 Å². The molecular formula is C10H7N5S. The van der Waals surface area contributed by atoms with Crippen LogP contribution in [-0.2, 0) is 0 Å². The molecule has 16 heavy (non-hydrogen) atoms. The SMILES string of the molecule is Nc1cnccc1-c1nc2nccnc2s1. The number of hydrogen-bond donors (Lipinski definition) is 1. The van der Waals surface area contributed by atoms with Crippen LogP contribution in [0.4, 0.5) is 5.69 Å². The molecule has 0 aliphatic carbocycles. The molecule has 0 aliphatic rings. The predicted molar refractivity (Wildman–Crippen MR) is 62.9 cm³/mol.